The standard InChI is InChI=1S/C36H37N4O2.U/c1-39(33-19-15-31(16-20-33)37-29-9-5-3-6-10-29)25-36(42-27-28-13-23-35(41)24-14-28)26-40(2)34-21-17-32(18-22-34)38-30-11-7-4-8-12-30;/h3-24,37-38,41H,25-27H2,1-2H3;. The van der Waals surface area contributed by atoms with Crippen molar-refractivity contribution in [1.29, 1.82) is 0 Å². The molecule has 217 valence electrons. The number of aromatic hydroxyl groups is 1. The Labute approximate surface area is 273 Å². The van der Waals surface area contributed by atoms with Gasteiger partial charge in [0.1, 0.15) is 0 Å². The van der Waals surface area contributed by atoms with Gasteiger partial charge in [0, 0.05) is 0 Å². The second-order valence-electron chi connectivity index (χ2n) is 10.7. The number of para-hydroxylation sites is 2. The van der Waals surface area contributed by atoms with E-state index in [1.807, 2.05) is 48.5 Å². The number of nitrogens with zero attached hydrogens (tertiary/aromatic N) is 2. The molecule has 5 aromatic rings. The van der Waals surface area contributed by atoms with Crippen LogP contribution in [0.25, 0.3) is 0 Å². The Kier molecular flexibility index (Phi) is 10.3. The zero-order chi connectivity index (χ0) is 30.1. The Bertz CT molecular complexity index is 1460. The van der Waals surface area contributed by atoms with Crippen LogP contribution in [-0.2, 0) is 11.3 Å². The summed E-state index contributed by atoms with van der Waals surface area (Å²) in [5.74, 6) is 0.262. The van der Waals surface area contributed by atoms with E-state index in [2.05, 4.69) is 107 Å². The molecule has 0 heterocycles. The van der Waals surface area contributed by atoms with E-state index >= 15 is 0 Å². The van der Waals surface area contributed by atoms with Gasteiger partial charge in [-0.25, -0.2) is 0 Å². The number of anilines is 6. The van der Waals surface area contributed by atoms with Crippen LogP contribution < -0.4 is 20.4 Å². The SMILES string of the molecule is CN(C[C]([U])(CN(C)c1ccc(Nc2ccccc2)cc1)OCc1ccc(O)cc1)c1ccc(Nc2ccccc2)cc1. The van der Waals surface area contributed by atoms with Gasteiger partial charge in [-0.1, -0.05) is 0 Å². The predicted molar refractivity (Wildman–Crippen MR) is 175 cm³/mol. The predicted octanol–water partition coefficient (Wildman–Crippen LogP) is 7.91. The Hall–Kier alpha value is -3.89. The number of phenolic OH excluding ortho intramolecular Hbond substituents is 1. The second kappa shape index (κ2) is 14.5. The second-order valence-corrected chi connectivity index (χ2v) is 14.5. The summed E-state index contributed by atoms with van der Waals surface area (Å²) >= 11 is 0.523. The third-order valence-electron chi connectivity index (χ3n) is 7.18. The molecule has 5 aromatic carbocycles. The van der Waals surface area contributed by atoms with Crippen molar-refractivity contribution in [3.8, 4) is 5.75 Å². The van der Waals surface area contributed by atoms with Crippen LogP contribution in [0.4, 0.5) is 34.1 Å². The normalized spacial score (nSPS) is 11.2. The van der Waals surface area contributed by atoms with Crippen molar-refractivity contribution >= 4 is 34.1 Å². The monoisotopic (exact) mass is 795 g/mol. The van der Waals surface area contributed by atoms with Gasteiger partial charge in [0.2, 0.25) is 0 Å². The van der Waals surface area contributed by atoms with Gasteiger partial charge in [-0.2, -0.15) is 0 Å². The quantitative estimate of drug-likeness (QED) is 0.113. The molecule has 0 bridgehead atoms. The van der Waals surface area contributed by atoms with Crippen LogP contribution in [-0.4, -0.2) is 34.9 Å². The van der Waals surface area contributed by atoms with E-state index in [0.29, 0.717) is 36.0 Å². The summed E-state index contributed by atoms with van der Waals surface area (Å²) in [6.45, 7) is 1.98. The summed E-state index contributed by atoms with van der Waals surface area (Å²) in [6.07, 6.45) is 0. The number of rotatable bonds is 13. The fourth-order valence-electron chi connectivity index (χ4n) is 4.88. The Morgan fingerprint density at radius 2 is 0.977 bits per heavy atom. The molecule has 0 aromatic heterocycles. The zero-order valence-electron chi connectivity index (χ0n) is 24.6. The van der Waals surface area contributed by atoms with E-state index in [4.69, 9.17) is 4.74 Å². The van der Waals surface area contributed by atoms with Gasteiger partial charge in [0.15, 0.2) is 0 Å². The number of phenols is 1. The molecule has 43 heavy (non-hydrogen) atoms. The van der Waals surface area contributed by atoms with Crippen LogP contribution in [0.3, 0.4) is 0 Å². The summed E-state index contributed by atoms with van der Waals surface area (Å²) in [4.78, 5) is 4.56. The van der Waals surface area contributed by atoms with Crippen LogP contribution in [0, 0.1) is 29.4 Å². The molecule has 0 saturated carbocycles. The van der Waals surface area contributed by atoms with Crippen LogP contribution in [0.1, 0.15) is 5.56 Å². The molecule has 0 saturated heterocycles. The average molecular weight is 796 g/mol. The van der Waals surface area contributed by atoms with Crippen LogP contribution in [0.15, 0.2) is 133 Å². The van der Waals surface area contributed by atoms with Gasteiger partial charge in [-0.15, -0.1) is 0 Å². The molecule has 0 aliphatic heterocycles. The molecule has 0 atom stereocenters. The Morgan fingerprint density at radius 3 is 1.40 bits per heavy atom. The molecule has 7 heteroatoms. The number of hydrogen-bond acceptors (Lipinski definition) is 6. The number of nitrogens with one attached hydrogen (secondary N) is 2. The van der Waals surface area contributed by atoms with Crippen molar-refractivity contribution in [3.63, 3.8) is 0 Å². The summed E-state index contributed by atoms with van der Waals surface area (Å²) in [7, 11) is 4.26. The Balaban J connectivity index is 1.28. The maximum atomic E-state index is 9.72. The van der Waals surface area contributed by atoms with Crippen LogP contribution >= 0.6 is 0 Å². The molecule has 0 aliphatic carbocycles. The zero-order valence-corrected chi connectivity index (χ0v) is 28.7. The first-order valence-corrected chi connectivity index (χ1v) is 16.4. The van der Waals surface area contributed by atoms with Crippen molar-refractivity contribution in [2.75, 3.05) is 47.6 Å². The summed E-state index contributed by atoms with van der Waals surface area (Å²) < 4.78 is 6.39. The molecule has 0 amide bonds. The maximum absolute atomic E-state index is 9.72. The Morgan fingerprint density at radius 1 is 0.581 bits per heavy atom. The van der Waals surface area contributed by atoms with Crippen LogP contribution in [0.5, 0.6) is 5.75 Å². The molecule has 5 rings (SSSR count). The molecule has 6 nitrogen and oxygen atoms in total. The minimum absolute atomic E-state index is 0.262. The van der Waals surface area contributed by atoms with Crippen LogP contribution in [0.2, 0.25) is 0 Å². The molecule has 0 unspecified atom stereocenters. The number of hydrogen-bond donors (Lipinski definition) is 3. The first-order chi connectivity index (χ1) is 20.8. The van der Waals surface area contributed by atoms with Gasteiger partial charge in [0.05, 0.1) is 0 Å². The van der Waals surface area contributed by atoms with E-state index in [1.54, 1.807) is 12.1 Å². The third-order valence-corrected chi connectivity index (χ3v) is 9.10. The van der Waals surface area contributed by atoms with E-state index in [-0.39, 0.29) is 8.38 Å². The third kappa shape index (κ3) is 9.05. The van der Waals surface area contributed by atoms with Crippen molar-refractivity contribution in [2.45, 2.75) is 9.24 Å². The topological polar surface area (TPSA) is 60.0 Å². The van der Waals surface area contributed by atoms with Crippen molar-refractivity contribution in [2.24, 2.45) is 0 Å². The van der Waals surface area contributed by atoms with Gasteiger partial charge in [-0.3, -0.25) is 0 Å². The molecule has 0 radical (unpaired) electrons. The van der Waals surface area contributed by atoms with Crippen molar-refractivity contribution < 1.29 is 39.3 Å². The summed E-state index contributed by atoms with van der Waals surface area (Å²) in [5, 5.41) is 16.6. The first kappa shape index (κ1) is 30.6. The molecule has 0 spiro atoms. The van der Waals surface area contributed by atoms with E-state index in [0.717, 1.165) is 52.8 Å². The fraction of sp³-hybridized carbons (Fsp3) is 0.167. The molecule has 0 aliphatic rings. The van der Waals surface area contributed by atoms with Gasteiger partial charge >= 0.3 is 275 Å². The summed E-state index contributed by atoms with van der Waals surface area (Å²) in [5.41, 5.74) is 7.55. The fourth-order valence-corrected chi connectivity index (χ4v) is 7.15. The number of likely N-dealkylation sites (N-methyl/N-ethyl adjacent to an activating group) is 2. The molecular weight excluding hydrogens is 758 g/mol. The number of ether oxygens (including phenoxy) is 1. The van der Waals surface area contributed by atoms with Gasteiger partial charge in [-0.05, 0) is 0 Å². The van der Waals surface area contributed by atoms with E-state index < -0.39 is 0 Å². The average Bonchev–Trinajstić information content (AvgIpc) is 3.02. The van der Waals surface area contributed by atoms with Crippen molar-refractivity contribution in [1.82, 2.24) is 0 Å². The van der Waals surface area contributed by atoms with E-state index in [1.165, 1.54) is 0 Å². The van der Waals surface area contributed by atoms with Crippen molar-refractivity contribution in [3.05, 3.63) is 139 Å². The van der Waals surface area contributed by atoms with Gasteiger partial charge < -0.3 is 0 Å². The summed E-state index contributed by atoms with van der Waals surface area (Å²) in [6, 6.07) is 44.7. The number of benzene rings is 5. The van der Waals surface area contributed by atoms with E-state index in [9.17, 15) is 5.11 Å². The first-order valence-electron chi connectivity index (χ1n) is 14.3. The van der Waals surface area contributed by atoms with Gasteiger partial charge in [0.25, 0.3) is 0 Å². The molecule has 3 N–H and O–H groups in total. The minimum atomic E-state index is -0.342. The molecular formula is C36H37N4O2U. The molecule has 0 fully saturated rings.